The van der Waals surface area contributed by atoms with E-state index >= 15 is 0 Å². The molecule has 1 fully saturated rings. The van der Waals surface area contributed by atoms with E-state index in [0.29, 0.717) is 5.69 Å². The Morgan fingerprint density at radius 1 is 1.15 bits per heavy atom. The highest BCUT2D eigenvalue weighted by Gasteiger charge is 2.50. The standard InChI is InChI=1S/C20H20FN3O3/c1-12-7-6-10-16(13(12)2)22-17(25)11-24-18(26)20(3,23-19(24)27)14-8-4-5-9-15(14)21/h4-10H,11H2,1-3H3,(H,22,25)(H,23,27)/t20-/m1/s1. The number of amides is 4. The van der Waals surface area contributed by atoms with Crippen LogP contribution in [0.3, 0.4) is 0 Å². The van der Waals surface area contributed by atoms with Crippen LogP contribution in [0.15, 0.2) is 42.5 Å². The van der Waals surface area contributed by atoms with Gasteiger partial charge in [0.25, 0.3) is 5.91 Å². The second-order valence-corrected chi connectivity index (χ2v) is 6.72. The number of aryl methyl sites for hydroxylation is 1. The number of hydrogen-bond acceptors (Lipinski definition) is 3. The zero-order valence-corrected chi connectivity index (χ0v) is 15.3. The number of nitrogens with one attached hydrogen (secondary N) is 2. The van der Waals surface area contributed by atoms with Gasteiger partial charge in [0, 0.05) is 11.3 Å². The van der Waals surface area contributed by atoms with Crippen molar-refractivity contribution in [3.8, 4) is 0 Å². The summed E-state index contributed by atoms with van der Waals surface area (Å²) >= 11 is 0. The lowest BCUT2D eigenvalue weighted by Crippen LogP contribution is -2.42. The Morgan fingerprint density at radius 2 is 1.85 bits per heavy atom. The summed E-state index contributed by atoms with van der Waals surface area (Å²) in [6, 6.07) is 10.5. The maximum absolute atomic E-state index is 14.1. The first-order valence-corrected chi connectivity index (χ1v) is 8.49. The summed E-state index contributed by atoms with van der Waals surface area (Å²) in [5, 5.41) is 5.21. The smallest absolute Gasteiger partial charge is 0.324 e. The van der Waals surface area contributed by atoms with E-state index in [1.165, 1.54) is 25.1 Å². The molecule has 2 aromatic rings. The number of nitrogens with zero attached hydrogens (tertiary/aromatic N) is 1. The largest absolute Gasteiger partial charge is 0.325 e. The van der Waals surface area contributed by atoms with Crippen molar-refractivity contribution in [2.45, 2.75) is 26.3 Å². The van der Waals surface area contributed by atoms with Crippen LogP contribution in [0.1, 0.15) is 23.6 Å². The van der Waals surface area contributed by atoms with E-state index in [4.69, 9.17) is 0 Å². The first kappa shape index (κ1) is 18.6. The molecule has 0 radical (unpaired) electrons. The van der Waals surface area contributed by atoms with Gasteiger partial charge < -0.3 is 10.6 Å². The Balaban J connectivity index is 1.79. The molecule has 0 saturated carbocycles. The highest BCUT2D eigenvalue weighted by Crippen LogP contribution is 2.30. The third-order valence-electron chi connectivity index (χ3n) is 4.87. The van der Waals surface area contributed by atoms with Gasteiger partial charge in [-0.15, -0.1) is 0 Å². The molecule has 140 valence electrons. The minimum absolute atomic E-state index is 0.0563. The molecule has 0 aromatic heterocycles. The second kappa shape index (κ2) is 6.83. The molecular formula is C20H20FN3O3. The number of carbonyl (C=O) groups excluding carboxylic acids is 3. The van der Waals surface area contributed by atoms with E-state index in [1.807, 2.05) is 19.9 Å². The van der Waals surface area contributed by atoms with Gasteiger partial charge >= 0.3 is 6.03 Å². The van der Waals surface area contributed by atoms with Gasteiger partial charge in [0.05, 0.1) is 0 Å². The van der Waals surface area contributed by atoms with Crippen LogP contribution < -0.4 is 10.6 Å². The quantitative estimate of drug-likeness (QED) is 0.814. The molecule has 3 rings (SSSR count). The maximum Gasteiger partial charge on any atom is 0.325 e. The summed E-state index contributed by atoms with van der Waals surface area (Å²) in [6.07, 6.45) is 0. The van der Waals surface area contributed by atoms with E-state index in [9.17, 15) is 18.8 Å². The van der Waals surface area contributed by atoms with Crippen LogP contribution in [0, 0.1) is 19.7 Å². The van der Waals surface area contributed by atoms with Crippen molar-refractivity contribution in [2.75, 3.05) is 11.9 Å². The molecule has 1 heterocycles. The number of carbonyl (C=O) groups is 3. The van der Waals surface area contributed by atoms with Crippen LogP contribution in [0.25, 0.3) is 0 Å². The van der Waals surface area contributed by atoms with Crippen LogP contribution in [-0.2, 0) is 15.1 Å². The SMILES string of the molecule is Cc1cccc(NC(=O)CN2C(=O)N[C@](C)(c3ccccc3F)C2=O)c1C. The summed E-state index contributed by atoms with van der Waals surface area (Å²) < 4.78 is 14.1. The molecular weight excluding hydrogens is 349 g/mol. The van der Waals surface area contributed by atoms with Crippen molar-refractivity contribution in [3.63, 3.8) is 0 Å². The van der Waals surface area contributed by atoms with Gasteiger partial charge in [-0.25, -0.2) is 9.18 Å². The second-order valence-electron chi connectivity index (χ2n) is 6.72. The summed E-state index contributed by atoms with van der Waals surface area (Å²) in [4.78, 5) is 38.3. The number of halogens is 1. The van der Waals surface area contributed by atoms with Crippen molar-refractivity contribution in [1.29, 1.82) is 0 Å². The van der Waals surface area contributed by atoms with E-state index in [2.05, 4.69) is 10.6 Å². The first-order chi connectivity index (χ1) is 12.7. The topological polar surface area (TPSA) is 78.5 Å². The Morgan fingerprint density at radius 3 is 2.56 bits per heavy atom. The van der Waals surface area contributed by atoms with Crippen LogP contribution >= 0.6 is 0 Å². The molecule has 1 aliphatic rings. The van der Waals surface area contributed by atoms with Crippen LogP contribution in [-0.4, -0.2) is 29.3 Å². The van der Waals surface area contributed by atoms with E-state index in [-0.39, 0.29) is 5.56 Å². The van der Waals surface area contributed by atoms with Crippen molar-refractivity contribution in [2.24, 2.45) is 0 Å². The molecule has 2 aromatic carbocycles. The fraction of sp³-hybridized carbons (Fsp3) is 0.250. The van der Waals surface area contributed by atoms with Gasteiger partial charge in [-0.3, -0.25) is 14.5 Å². The molecule has 1 atom stereocenters. The molecule has 0 bridgehead atoms. The number of benzene rings is 2. The van der Waals surface area contributed by atoms with Crippen molar-refractivity contribution in [3.05, 3.63) is 65.0 Å². The fourth-order valence-corrected chi connectivity index (χ4v) is 3.11. The lowest BCUT2D eigenvalue weighted by Gasteiger charge is -2.22. The Hall–Kier alpha value is -3.22. The van der Waals surface area contributed by atoms with Crippen LogP contribution in [0.4, 0.5) is 14.9 Å². The van der Waals surface area contributed by atoms with Gasteiger partial charge in [-0.05, 0) is 44.0 Å². The number of urea groups is 1. The zero-order chi connectivity index (χ0) is 19.8. The maximum atomic E-state index is 14.1. The summed E-state index contributed by atoms with van der Waals surface area (Å²) in [6.45, 7) is 4.76. The predicted octanol–water partition coefficient (Wildman–Crippen LogP) is 2.85. The number of rotatable bonds is 4. The van der Waals surface area contributed by atoms with Crippen molar-refractivity contribution < 1.29 is 18.8 Å². The average molecular weight is 369 g/mol. The molecule has 7 heteroatoms. The minimum atomic E-state index is -1.55. The lowest BCUT2D eigenvalue weighted by atomic mass is 9.91. The van der Waals surface area contributed by atoms with Crippen molar-refractivity contribution >= 4 is 23.5 Å². The Labute approximate surface area is 156 Å². The molecule has 1 aliphatic heterocycles. The van der Waals surface area contributed by atoms with Crippen LogP contribution in [0.5, 0.6) is 0 Å². The van der Waals surface area contributed by atoms with E-state index in [0.717, 1.165) is 16.0 Å². The molecule has 2 N–H and O–H groups in total. The third kappa shape index (κ3) is 3.28. The Kier molecular flexibility index (Phi) is 4.70. The normalized spacial score (nSPS) is 19.2. The van der Waals surface area contributed by atoms with Gasteiger partial charge in [-0.2, -0.15) is 0 Å². The van der Waals surface area contributed by atoms with Gasteiger partial charge in [0.1, 0.15) is 17.9 Å². The highest BCUT2D eigenvalue weighted by atomic mass is 19.1. The average Bonchev–Trinajstić information content (AvgIpc) is 2.83. The molecule has 0 spiro atoms. The highest BCUT2D eigenvalue weighted by molar-refractivity contribution is 6.10. The number of anilines is 1. The summed E-state index contributed by atoms with van der Waals surface area (Å²) in [5.74, 6) is -1.78. The zero-order valence-electron chi connectivity index (χ0n) is 15.3. The molecule has 4 amide bonds. The molecule has 1 saturated heterocycles. The van der Waals surface area contributed by atoms with E-state index < -0.39 is 35.7 Å². The number of hydrogen-bond donors (Lipinski definition) is 2. The minimum Gasteiger partial charge on any atom is -0.324 e. The predicted molar refractivity (Wildman–Crippen MR) is 98.5 cm³/mol. The van der Waals surface area contributed by atoms with Crippen molar-refractivity contribution in [1.82, 2.24) is 10.2 Å². The molecule has 0 aliphatic carbocycles. The fourth-order valence-electron chi connectivity index (χ4n) is 3.11. The van der Waals surface area contributed by atoms with Crippen LogP contribution in [0.2, 0.25) is 0 Å². The Bertz CT molecular complexity index is 944. The first-order valence-electron chi connectivity index (χ1n) is 8.49. The molecule has 6 nitrogen and oxygen atoms in total. The van der Waals surface area contributed by atoms with Gasteiger partial charge in [0.2, 0.25) is 5.91 Å². The van der Waals surface area contributed by atoms with Gasteiger partial charge in [0.15, 0.2) is 0 Å². The number of imide groups is 1. The third-order valence-corrected chi connectivity index (χ3v) is 4.87. The monoisotopic (exact) mass is 369 g/mol. The summed E-state index contributed by atoms with van der Waals surface area (Å²) in [5.41, 5.74) is 1.03. The van der Waals surface area contributed by atoms with E-state index in [1.54, 1.807) is 18.2 Å². The van der Waals surface area contributed by atoms with Gasteiger partial charge in [-0.1, -0.05) is 30.3 Å². The lowest BCUT2D eigenvalue weighted by molar-refractivity contribution is -0.133. The summed E-state index contributed by atoms with van der Waals surface area (Å²) in [7, 11) is 0. The molecule has 0 unspecified atom stereocenters. The molecule has 27 heavy (non-hydrogen) atoms.